The Morgan fingerprint density at radius 3 is 2.67 bits per heavy atom. The molecule has 7 nitrogen and oxygen atoms in total. The van der Waals surface area contributed by atoms with Crippen molar-refractivity contribution in [1.29, 1.82) is 5.26 Å². The number of hydrogen-bond donors (Lipinski definition) is 1. The number of amides is 1. The fourth-order valence-corrected chi connectivity index (χ4v) is 5.11. The molecule has 0 bridgehead atoms. The van der Waals surface area contributed by atoms with Crippen LogP contribution in [0, 0.1) is 17.2 Å². The van der Waals surface area contributed by atoms with E-state index in [1.165, 1.54) is 25.8 Å². The normalized spacial score (nSPS) is 30.0. The molecule has 2 aliphatic heterocycles. The summed E-state index contributed by atoms with van der Waals surface area (Å²) in [5, 5.41) is 11.6. The molecule has 0 aromatic carbocycles. The number of piperazine rings is 1. The van der Waals surface area contributed by atoms with Gasteiger partial charge in [-0.2, -0.15) is 5.26 Å². The molecule has 0 aromatic heterocycles. The number of rotatable bonds is 6. The number of allylic oxidation sites excluding steroid dienone is 1. The van der Waals surface area contributed by atoms with Crippen LogP contribution in [0.2, 0.25) is 0 Å². The van der Waals surface area contributed by atoms with Crippen molar-refractivity contribution in [2.45, 2.75) is 57.0 Å². The molecule has 0 aromatic rings. The smallest absolute Gasteiger partial charge is 0.234 e. The van der Waals surface area contributed by atoms with Gasteiger partial charge >= 0.3 is 0 Å². The Kier molecular flexibility index (Phi) is 7.29. The van der Waals surface area contributed by atoms with Crippen LogP contribution in [-0.2, 0) is 14.3 Å². The van der Waals surface area contributed by atoms with Crippen LogP contribution in [0.3, 0.4) is 0 Å². The Balaban J connectivity index is 1.12. The van der Waals surface area contributed by atoms with E-state index in [9.17, 15) is 4.79 Å². The van der Waals surface area contributed by atoms with Gasteiger partial charge in [-0.1, -0.05) is 6.08 Å². The van der Waals surface area contributed by atoms with Crippen molar-refractivity contribution >= 4 is 5.91 Å². The second-order valence-electron chi connectivity index (χ2n) is 8.90. The third kappa shape index (κ3) is 5.55. The van der Waals surface area contributed by atoms with Gasteiger partial charge in [0, 0.05) is 44.7 Å². The highest BCUT2D eigenvalue weighted by molar-refractivity contribution is 5.78. The number of nitriles is 1. The third-order valence-corrected chi connectivity index (χ3v) is 6.94. The molecule has 4 rings (SSSR count). The summed E-state index contributed by atoms with van der Waals surface area (Å²) in [6.07, 6.45) is 11.0. The molecule has 2 fully saturated rings. The van der Waals surface area contributed by atoms with Gasteiger partial charge in [0.1, 0.15) is 25.4 Å². The lowest BCUT2D eigenvalue weighted by Gasteiger charge is -2.40. The first-order chi connectivity index (χ1) is 14.7. The van der Waals surface area contributed by atoms with Crippen LogP contribution in [0.15, 0.2) is 23.7 Å². The summed E-state index contributed by atoms with van der Waals surface area (Å²) >= 11 is 0. The average molecular weight is 415 g/mol. The molecule has 0 radical (unpaired) electrons. The third-order valence-electron chi connectivity index (χ3n) is 6.94. The lowest BCUT2D eigenvalue weighted by molar-refractivity contribution is -0.121. The van der Waals surface area contributed by atoms with E-state index in [0.29, 0.717) is 19.3 Å². The maximum atomic E-state index is 11.6. The van der Waals surface area contributed by atoms with Gasteiger partial charge in [0.05, 0.1) is 6.07 Å². The van der Waals surface area contributed by atoms with Crippen LogP contribution in [0.1, 0.15) is 44.9 Å². The van der Waals surface area contributed by atoms with Gasteiger partial charge < -0.3 is 19.7 Å². The van der Waals surface area contributed by atoms with Crippen LogP contribution in [0.25, 0.3) is 0 Å². The minimum atomic E-state index is -0.123. The summed E-state index contributed by atoms with van der Waals surface area (Å²) in [5.41, 5.74) is 0. The number of carbonyl (C=O) groups excluding carboxylic acids is 1. The Hall–Kier alpha value is -2.04. The summed E-state index contributed by atoms with van der Waals surface area (Å²) < 4.78 is 11.5. The fraction of sp³-hybridized carbons (Fsp3) is 0.739. The SMILES string of the molecule is N#CCC(=O)NC1CCC(CCN2CCN(C3C=CC4=C(C3)OCCO4)CC2)CC1. The van der Waals surface area contributed by atoms with Gasteiger partial charge in [-0.3, -0.25) is 9.69 Å². The highest BCUT2D eigenvalue weighted by atomic mass is 16.6. The molecule has 164 valence electrons. The zero-order chi connectivity index (χ0) is 20.8. The van der Waals surface area contributed by atoms with E-state index in [-0.39, 0.29) is 18.4 Å². The summed E-state index contributed by atoms with van der Waals surface area (Å²) in [6.45, 7) is 6.98. The average Bonchev–Trinajstić information content (AvgIpc) is 2.79. The fourth-order valence-electron chi connectivity index (χ4n) is 5.11. The van der Waals surface area contributed by atoms with Crippen LogP contribution >= 0.6 is 0 Å². The van der Waals surface area contributed by atoms with Crippen LogP contribution in [-0.4, -0.2) is 73.7 Å². The highest BCUT2D eigenvalue weighted by Crippen LogP contribution is 2.29. The van der Waals surface area contributed by atoms with Crippen molar-refractivity contribution in [2.75, 3.05) is 45.9 Å². The van der Waals surface area contributed by atoms with E-state index < -0.39 is 0 Å². The van der Waals surface area contributed by atoms with Gasteiger partial charge in [0.15, 0.2) is 5.76 Å². The van der Waals surface area contributed by atoms with Crippen molar-refractivity contribution in [3.63, 3.8) is 0 Å². The number of nitrogens with one attached hydrogen (secondary N) is 1. The molecule has 1 saturated carbocycles. The summed E-state index contributed by atoms with van der Waals surface area (Å²) in [7, 11) is 0. The Morgan fingerprint density at radius 1 is 1.13 bits per heavy atom. The van der Waals surface area contributed by atoms with Crippen LogP contribution in [0.4, 0.5) is 0 Å². The number of ether oxygens (including phenoxy) is 2. The van der Waals surface area contributed by atoms with Gasteiger partial charge in [0.2, 0.25) is 5.91 Å². The number of hydrogen-bond acceptors (Lipinski definition) is 6. The van der Waals surface area contributed by atoms with Crippen molar-refractivity contribution in [3.05, 3.63) is 23.7 Å². The largest absolute Gasteiger partial charge is 0.490 e. The predicted octanol–water partition coefficient (Wildman–Crippen LogP) is 2.17. The van der Waals surface area contributed by atoms with Crippen molar-refractivity contribution < 1.29 is 14.3 Å². The number of nitrogens with zero attached hydrogens (tertiary/aromatic N) is 3. The van der Waals surface area contributed by atoms with Crippen LogP contribution < -0.4 is 5.32 Å². The molecule has 1 N–H and O–H groups in total. The van der Waals surface area contributed by atoms with E-state index in [1.807, 2.05) is 6.07 Å². The Labute approximate surface area is 179 Å². The first kappa shape index (κ1) is 21.2. The van der Waals surface area contributed by atoms with E-state index in [4.69, 9.17) is 14.7 Å². The molecule has 1 saturated heterocycles. The lowest BCUT2D eigenvalue weighted by Crippen LogP contribution is -2.50. The van der Waals surface area contributed by atoms with E-state index >= 15 is 0 Å². The molecule has 0 spiro atoms. The van der Waals surface area contributed by atoms with Crippen molar-refractivity contribution in [2.24, 2.45) is 5.92 Å². The minimum Gasteiger partial charge on any atom is -0.490 e. The topological polar surface area (TPSA) is 77.8 Å². The van der Waals surface area contributed by atoms with Gasteiger partial charge in [-0.15, -0.1) is 0 Å². The first-order valence-electron chi connectivity index (χ1n) is 11.5. The van der Waals surface area contributed by atoms with Gasteiger partial charge in [0.25, 0.3) is 0 Å². The van der Waals surface area contributed by atoms with E-state index in [0.717, 1.165) is 62.9 Å². The van der Waals surface area contributed by atoms with E-state index in [1.54, 1.807) is 0 Å². The molecule has 1 unspecified atom stereocenters. The maximum absolute atomic E-state index is 11.6. The first-order valence-corrected chi connectivity index (χ1v) is 11.5. The standard InChI is InChI=1S/C23H34N4O3/c24-9-7-23(28)25-19-3-1-18(2-4-19)8-10-26-11-13-27(14-12-26)20-5-6-21-22(17-20)30-16-15-29-21/h5-6,18-20H,1-4,7-8,10-17H2,(H,25,28). The maximum Gasteiger partial charge on any atom is 0.234 e. The zero-order valence-electron chi connectivity index (χ0n) is 17.9. The molecular formula is C23H34N4O3. The Bertz CT molecular complexity index is 698. The van der Waals surface area contributed by atoms with E-state index in [2.05, 4.69) is 27.3 Å². The lowest BCUT2D eigenvalue weighted by atomic mass is 9.84. The molecule has 4 aliphatic rings. The number of carbonyl (C=O) groups is 1. The monoisotopic (exact) mass is 414 g/mol. The summed E-state index contributed by atoms with van der Waals surface area (Å²) in [6, 6.07) is 2.62. The molecule has 2 aliphatic carbocycles. The quantitative estimate of drug-likeness (QED) is 0.718. The summed E-state index contributed by atoms with van der Waals surface area (Å²) in [4.78, 5) is 16.8. The van der Waals surface area contributed by atoms with Gasteiger partial charge in [-0.25, -0.2) is 0 Å². The molecule has 30 heavy (non-hydrogen) atoms. The minimum absolute atomic E-state index is 0.0257. The molecule has 1 amide bonds. The molecular weight excluding hydrogens is 380 g/mol. The van der Waals surface area contributed by atoms with Gasteiger partial charge in [-0.05, 0) is 50.6 Å². The molecule has 7 heteroatoms. The van der Waals surface area contributed by atoms with Crippen molar-refractivity contribution in [3.8, 4) is 6.07 Å². The zero-order valence-corrected chi connectivity index (χ0v) is 17.9. The molecule has 1 atom stereocenters. The second-order valence-corrected chi connectivity index (χ2v) is 8.90. The van der Waals surface area contributed by atoms with Crippen molar-refractivity contribution in [1.82, 2.24) is 15.1 Å². The highest BCUT2D eigenvalue weighted by Gasteiger charge is 2.29. The second kappa shape index (κ2) is 10.3. The predicted molar refractivity (Wildman–Crippen MR) is 113 cm³/mol. The van der Waals surface area contributed by atoms with Crippen LogP contribution in [0.5, 0.6) is 0 Å². The summed E-state index contributed by atoms with van der Waals surface area (Å²) in [5.74, 6) is 2.59. The Morgan fingerprint density at radius 2 is 1.90 bits per heavy atom. The molecule has 2 heterocycles.